The van der Waals surface area contributed by atoms with Gasteiger partial charge in [-0.2, -0.15) is 0 Å². The fourth-order valence-electron chi connectivity index (χ4n) is 1.26. The van der Waals surface area contributed by atoms with Gasteiger partial charge in [0.15, 0.2) is 0 Å². The van der Waals surface area contributed by atoms with Gasteiger partial charge in [0.1, 0.15) is 0 Å². The predicted molar refractivity (Wildman–Crippen MR) is 48.1 cm³/mol. The maximum atomic E-state index is 11.1. The van der Waals surface area contributed by atoms with Crippen LogP contribution in [0.5, 0.6) is 0 Å². The molecule has 2 amide bonds. The van der Waals surface area contributed by atoms with Crippen LogP contribution in [-0.2, 0) is 9.59 Å². The van der Waals surface area contributed by atoms with Crippen molar-refractivity contribution < 1.29 is 9.59 Å². The number of hydrogen-bond acceptors (Lipinski definition) is 3. The molecule has 0 aromatic rings. The van der Waals surface area contributed by atoms with Crippen LogP contribution in [0.2, 0.25) is 0 Å². The molecule has 0 bridgehead atoms. The molecule has 0 aromatic heterocycles. The van der Waals surface area contributed by atoms with Crippen molar-refractivity contribution in [3.05, 3.63) is 0 Å². The second-order valence-corrected chi connectivity index (χ2v) is 3.17. The standard InChI is InChI=1S/C8H15N3O2/c1-6(12)10-5-8(13)11-7-2-3-9-4-7/h7,9H,2-5H2,1H3,(H,10,12)(H,11,13)/t7-/m1/s1. The average molecular weight is 185 g/mol. The molecular weight excluding hydrogens is 170 g/mol. The minimum absolute atomic E-state index is 0.0752. The molecule has 1 aliphatic heterocycles. The highest BCUT2D eigenvalue weighted by Gasteiger charge is 2.16. The van der Waals surface area contributed by atoms with Crippen LogP contribution in [0.25, 0.3) is 0 Å². The van der Waals surface area contributed by atoms with E-state index in [2.05, 4.69) is 16.0 Å². The highest BCUT2D eigenvalue weighted by Crippen LogP contribution is 1.95. The van der Waals surface area contributed by atoms with Gasteiger partial charge in [0, 0.05) is 19.5 Å². The molecule has 1 rings (SSSR count). The van der Waals surface area contributed by atoms with Crippen molar-refractivity contribution in [3.63, 3.8) is 0 Å². The zero-order chi connectivity index (χ0) is 9.68. The summed E-state index contributed by atoms with van der Waals surface area (Å²) in [5, 5.41) is 8.41. The summed E-state index contributed by atoms with van der Waals surface area (Å²) in [7, 11) is 0. The van der Waals surface area contributed by atoms with Gasteiger partial charge < -0.3 is 16.0 Å². The smallest absolute Gasteiger partial charge is 0.239 e. The Morgan fingerprint density at radius 1 is 1.54 bits per heavy atom. The number of carbonyl (C=O) groups excluding carboxylic acids is 2. The molecule has 1 fully saturated rings. The van der Waals surface area contributed by atoms with Crippen molar-refractivity contribution in [2.75, 3.05) is 19.6 Å². The van der Waals surface area contributed by atoms with Gasteiger partial charge in [0.25, 0.3) is 0 Å². The van der Waals surface area contributed by atoms with E-state index < -0.39 is 0 Å². The van der Waals surface area contributed by atoms with Crippen molar-refractivity contribution in [1.82, 2.24) is 16.0 Å². The minimum Gasteiger partial charge on any atom is -0.351 e. The summed E-state index contributed by atoms with van der Waals surface area (Å²) in [6.45, 7) is 3.24. The van der Waals surface area contributed by atoms with Gasteiger partial charge in [-0.15, -0.1) is 0 Å². The van der Waals surface area contributed by atoms with Crippen LogP contribution in [0.4, 0.5) is 0 Å². The summed E-state index contributed by atoms with van der Waals surface area (Å²) in [5.74, 6) is -0.302. The van der Waals surface area contributed by atoms with Crippen molar-refractivity contribution in [3.8, 4) is 0 Å². The number of rotatable bonds is 3. The molecular formula is C8H15N3O2. The van der Waals surface area contributed by atoms with E-state index in [4.69, 9.17) is 0 Å². The Morgan fingerprint density at radius 2 is 2.31 bits per heavy atom. The molecule has 1 aliphatic rings. The Bertz CT molecular complexity index is 200. The van der Waals surface area contributed by atoms with Crippen molar-refractivity contribution in [2.45, 2.75) is 19.4 Å². The summed E-state index contributed by atoms with van der Waals surface area (Å²) >= 11 is 0. The van der Waals surface area contributed by atoms with Crippen molar-refractivity contribution in [2.24, 2.45) is 0 Å². The summed E-state index contributed by atoms with van der Waals surface area (Å²) in [6.07, 6.45) is 0.964. The van der Waals surface area contributed by atoms with Gasteiger partial charge in [-0.3, -0.25) is 9.59 Å². The van der Waals surface area contributed by atoms with Gasteiger partial charge in [0.05, 0.1) is 6.54 Å². The second kappa shape index (κ2) is 4.81. The minimum atomic E-state index is -0.181. The zero-order valence-electron chi connectivity index (χ0n) is 7.72. The third-order valence-corrected chi connectivity index (χ3v) is 1.92. The first-order valence-corrected chi connectivity index (χ1v) is 4.43. The van der Waals surface area contributed by atoms with Crippen molar-refractivity contribution in [1.29, 1.82) is 0 Å². The predicted octanol–water partition coefficient (Wildman–Crippen LogP) is -1.40. The molecule has 1 saturated heterocycles. The highest BCUT2D eigenvalue weighted by molar-refractivity contribution is 5.83. The first-order chi connectivity index (χ1) is 6.18. The summed E-state index contributed by atoms with van der Waals surface area (Å²) in [5.41, 5.74) is 0. The lowest BCUT2D eigenvalue weighted by atomic mass is 10.2. The maximum Gasteiger partial charge on any atom is 0.239 e. The molecule has 1 atom stereocenters. The monoisotopic (exact) mass is 185 g/mol. The lowest BCUT2D eigenvalue weighted by Crippen LogP contribution is -2.42. The van der Waals surface area contributed by atoms with Crippen LogP contribution < -0.4 is 16.0 Å². The van der Waals surface area contributed by atoms with Crippen LogP contribution >= 0.6 is 0 Å². The van der Waals surface area contributed by atoms with Gasteiger partial charge in [0.2, 0.25) is 11.8 Å². The molecule has 0 aromatic carbocycles. The van der Waals surface area contributed by atoms with E-state index >= 15 is 0 Å². The molecule has 5 nitrogen and oxygen atoms in total. The van der Waals surface area contributed by atoms with E-state index in [-0.39, 0.29) is 24.4 Å². The lowest BCUT2D eigenvalue weighted by Gasteiger charge is -2.10. The Morgan fingerprint density at radius 3 is 2.85 bits per heavy atom. The van der Waals surface area contributed by atoms with E-state index in [1.165, 1.54) is 6.92 Å². The molecule has 0 spiro atoms. The van der Waals surface area contributed by atoms with Crippen LogP contribution in [0, 0.1) is 0 Å². The van der Waals surface area contributed by atoms with E-state index in [1.54, 1.807) is 0 Å². The Labute approximate surface area is 77.3 Å². The van der Waals surface area contributed by atoms with Gasteiger partial charge in [-0.1, -0.05) is 0 Å². The number of hydrogen-bond donors (Lipinski definition) is 3. The highest BCUT2D eigenvalue weighted by atomic mass is 16.2. The molecule has 74 valence electrons. The fourth-order valence-corrected chi connectivity index (χ4v) is 1.26. The number of amides is 2. The molecule has 13 heavy (non-hydrogen) atoms. The Kier molecular flexibility index (Phi) is 3.70. The average Bonchev–Trinajstić information content (AvgIpc) is 2.53. The topological polar surface area (TPSA) is 70.2 Å². The Hall–Kier alpha value is -1.10. The van der Waals surface area contributed by atoms with Crippen LogP contribution in [0.1, 0.15) is 13.3 Å². The molecule has 5 heteroatoms. The second-order valence-electron chi connectivity index (χ2n) is 3.17. The SMILES string of the molecule is CC(=O)NCC(=O)N[C@@H]1CCNC1. The van der Waals surface area contributed by atoms with E-state index in [0.717, 1.165) is 19.5 Å². The van der Waals surface area contributed by atoms with Crippen LogP contribution in [0.15, 0.2) is 0 Å². The summed E-state index contributed by atoms with van der Waals surface area (Å²) < 4.78 is 0. The first-order valence-electron chi connectivity index (χ1n) is 4.43. The van der Waals surface area contributed by atoms with E-state index in [1.807, 2.05) is 0 Å². The molecule has 0 unspecified atom stereocenters. The van der Waals surface area contributed by atoms with Crippen LogP contribution in [-0.4, -0.2) is 37.5 Å². The summed E-state index contributed by atoms with van der Waals surface area (Å²) in [4.78, 5) is 21.6. The quantitative estimate of drug-likeness (QED) is 0.506. The molecule has 0 aliphatic carbocycles. The number of carbonyl (C=O) groups is 2. The molecule has 1 heterocycles. The van der Waals surface area contributed by atoms with Gasteiger partial charge in [-0.05, 0) is 13.0 Å². The molecule has 3 N–H and O–H groups in total. The zero-order valence-corrected chi connectivity index (χ0v) is 7.72. The third kappa shape index (κ3) is 3.89. The Balaban J connectivity index is 2.13. The maximum absolute atomic E-state index is 11.1. The molecule has 0 radical (unpaired) electrons. The largest absolute Gasteiger partial charge is 0.351 e. The fraction of sp³-hybridized carbons (Fsp3) is 0.750. The normalized spacial score (nSPS) is 21.2. The van der Waals surface area contributed by atoms with E-state index in [0.29, 0.717) is 0 Å². The van der Waals surface area contributed by atoms with Gasteiger partial charge in [-0.25, -0.2) is 0 Å². The third-order valence-electron chi connectivity index (χ3n) is 1.92. The molecule has 0 saturated carbocycles. The first kappa shape index (κ1) is 9.98. The summed E-state index contributed by atoms with van der Waals surface area (Å²) in [6, 6.07) is 0.223. The van der Waals surface area contributed by atoms with E-state index in [9.17, 15) is 9.59 Å². The van der Waals surface area contributed by atoms with Crippen molar-refractivity contribution >= 4 is 11.8 Å². The van der Waals surface area contributed by atoms with Crippen LogP contribution in [0.3, 0.4) is 0 Å². The van der Waals surface area contributed by atoms with Gasteiger partial charge >= 0.3 is 0 Å². The number of nitrogens with one attached hydrogen (secondary N) is 3. The lowest BCUT2D eigenvalue weighted by molar-refractivity contribution is -0.125.